The van der Waals surface area contributed by atoms with Crippen LogP contribution in [-0.4, -0.2) is 30.5 Å². The maximum absolute atomic E-state index is 11.9. The second-order valence-corrected chi connectivity index (χ2v) is 6.50. The summed E-state index contributed by atoms with van der Waals surface area (Å²) in [6.45, 7) is -0.184. The third-order valence-corrected chi connectivity index (χ3v) is 4.41. The molecular formula is C15H12BrN3O4S. The van der Waals surface area contributed by atoms with Crippen LogP contribution in [0.4, 0.5) is 5.13 Å². The third kappa shape index (κ3) is 3.74. The molecule has 3 rings (SSSR count). The number of anilines is 1. The van der Waals surface area contributed by atoms with Gasteiger partial charge in [0, 0.05) is 0 Å². The number of ether oxygens (including phenoxy) is 1. The van der Waals surface area contributed by atoms with Crippen molar-refractivity contribution in [1.82, 2.24) is 10.3 Å². The molecule has 3 aromatic rings. The van der Waals surface area contributed by atoms with Gasteiger partial charge >= 0.3 is 0 Å². The Bertz CT molecular complexity index is 905. The number of carbonyl (C=O) groups is 2. The van der Waals surface area contributed by atoms with Crippen LogP contribution in [-0.2, 0) is 4.79 Å². The highest BCUT2D eigenvalue weighted by Gasteiger charge is 2.13. The Hall–Kier alpha value is -2.39. The Morgan fingerprint density at radius 1 is 1.33 bits per heavy atom. The molecule has 2 amide bonds. The third-order valence-electron chi connectivity index (χ3n) is 3.05. The summed E-state index contributed by atoms with van der Waals surface area (Å²) in [5.41, 5.74) is 0.764. The number of benzene rings is 1. The lowest BCUT2D eigenvalue weighted by Gasteiger charge is -2.02. The topological polar surface area (TPSA) is 93.5 Å². The molecule has 2 N–H and O–H groups in total. The van der Waals surface area contributed by atoms with Gasteiger partial charge in [-0.15, -0.1) is 0 Å². The molecule has 24 heavy (non-hydrogen) atoms. The summed E-state index contributed by atoms with van der Waals surface area (Å²) in [6, 6.07) is 8.58. The molecule has 0 aliphatic rings. The van der Waals surface area contributed by atoms with E-state index in [2.05, 4.69) is 31.5 Å². The van der Waals surface area contributed by atoms with Crippen LogP contribution in [0.2, 0.25) is 0 Å². The van der Waals surface area contributed by atoms with Gasteiger partial charge in [-0.25, -0.2) is 4.98 Å². The molecular weight excluding hydrogens is 398 g/mol. The minimum Gasteiger partial charge on any atom is -0.497 e. The van der Waals surface area contributed by atoms with E-state index in [4.69, 9.17) is 9.15 Å². The first-order valence-electron chi connectivity index (χ1n) is 6.83. The molecule has 9 heteroatoms. The van der Waals surface area contributed by atoms with E-state index in [1.807, 2.05) is 12.1 Å². The molecule has 0 saturated carbocycles. The SMILES string of the molecule is COc1ccc2nc(NC(=O)CNC(=O)c3ccc(Br)o3)sc2c1. The second kappa shape index (κ2) is 7.02. The number of furan rings is 1. The summed E-state index contributed by atoms with van der Waals surface area (Å²) in [7, 11) is 1.59. The molecule has 2 aromatic heterocycles. The van der Waals surface area contributed by atoms with Crippen LogP contribution in [0.1, 0.15) is 10.6 Å². The molecule has 1 aromatic carbocycles. The maximum Gasteiger partial charge on any atom is 0.287 e. The number of carbonyl (C=O) groups excluding carboxylic acids is 2. The lowest BCUT2D eigenvalue weighted by atomic mass is 10.3. The Labute approximate surface area is 149 Å². The molecule has 0 spiro atoms. The van der Waals surface area contributed by atoms with Gasteiger partial charge in [0.25, 0.3) is 5.91 Å². The number of fused-ring (bicyclic) bond motifs is 1. The van der Waals surface area contributed by atoms with Crippen LogP contribution in [0.3, 0.4) is 0 Å². The van der Waals surface area contributed by atoms with Gasteiger partial charge in [0.15, 0.2) is 15.6 Å². The largest absolute Gasteiger partial charge is 0.497 e. The number of amides is 2. The molecule has 0 fully saturated rings. The predicted octanol–water partition coefficient (Wildman–Crippen LogP) is 3.03. The van der Waals surface area contributed by atoms with Crippen molar-refractivity contribution in [2.45, 2.75) is 0 Å². The number of aromatic nitrogens is 1. The van der Waals surface area contributed by atoms with Gasteiger partial charge in [0.2, 0.25) is 5.91 Å². The van der Waals surface area contributed by atoms with E-state index in [1.165, 1.54) is 17.4 Å². The van der Waals surface area contributed by atoms with E-state index in [1.54, 1.807) is 19.2 Å². The van der Waals surface area contributed by atoms with Crippen LogP contribution < -0.4 is 15.4 Å². The summed E-state index contributed by atoms with van der Waals surface area (Å²) in [4.78, 5) is 28.0. The monoisotopic (exact) mass is 409 g/mol. The number of hydrogen-bond acceptors (Lipinski definition) is 6. The van der Waals surface area contributed by atoms with Crippen molar-refractivity contribution in [3.8, 4) is 5.75 Å². The smallest absolute Gasteiger partial charge is 0.287 e. The Balaban J connectivity index is 1.59. The van der Waals surface area contributed by atoms with Crippen LogP contribution >= 0.6 is 27.3 Å². The number of methoxy groups -OCH3 is 1. The van der Waals surface area contributed by atoms with Crippen LogP contribution in [0.5, 0.6) is 5.75 Å². The van der Waals surface area contributed by atoms with Crippen molar-refractivity contribution in [1.29, 1.82) is 0 Å². The van der Waals surface area contributed by atoms with E-state index >= 15 is 0 Å². The Kier molecular flexibility index (Phi) is 4.81. The highest BCUT2D eigenvalue weighted by Crippen LogP contribution is 2.29. The zero-order valence-electron chi connectivity index (χ0n) is 12.5. The fourth-order valence-corrected chi connectivity index (χ4v) is 3.15. The minimum atomic E-state index is -0.468. The van der Waals surface area contributed by atoms with E-state index in [0.717, 1.165) is 16.0 Å². The Morgan fingerprint density at radius 3 is 2.88 bits per heavy atom. The minimum absolute atomic E-state index is 0.127. The van der Waals surface area contributed by atoms with E-state index in [0.29, 0.717) is 9.80 Å². The average Bonchev–Trinajstić information content (AvgIpc) is 3.17. The Morgan fingerprint density at radius 2 is 2.17 bits per heavy atom. The van der Waals surface area contributed by atoms with Gasteiger partial charge in [-0.1, -0.05) is 11.3 Å². The second-order valence-electron chi connectivity index (χ2n) is 4.69. The normalized spacial score (nSPS) is 10.6. The van der Waals surface area contributed by atoms with Crippen molar-refractivity contribution >= 4 is 54.4 Å². The number of nitrogens with one attached hydrogen (secondary N) is 2. The van der Waals surface area contributed by atoms with Gasteiger partial charge in [-0.3, -0.25) is 9.59 Å². The number of rotatable bonds is 5. The number of halogens is 1. The lowest BCUT2D eigenvalue weighted by Crippen LogP contribution is -2.32. The fraction of sp³-hybridized carbons (Fsp3) is 0.133. The van der Waals surface area contributed by atoms with Gasteiger partial charge in [-0.2, -0.15) is 0 Å². The first kappa shape index (κ1) is 16.5. The standard InChI is InChI=1S/C15H12BrN3O4S/c1-22-8-2-3-9-11(6-8)24-15(18-9)19-13(20)7-17-14(21)10-4-5-12(16)23-10/h2-6H,7H2,1H3,(H,17,21)(H,18,19,20). The molecule has 7 nitrogen and oxygen atoms in total. The zero-order chi connectivity index (χ0) is 17.1. The molecule has 0 aliphatic carbocycles. The van der Waals surface area contributed by atoms with Crippen molar-refractivity contribution in [3.63, 3.8) is 0 Å². The summed E-state index contributed by atoms with van der Waals surface area (Å²) in [5.74, 6) is 0.00698. The zero-order valence-corrected chi connectivity index (χ0v) is 14.9. The molecule has 0 radical (unpaired) electrons. The summed E-state index contributed by atoms with van der Waals surface area (Å²) in [5, 5.41) is 5.59. The molecule has 124 valence electrons. The van der Waals surface area contributed by atoms with Crippen molar-refractivity contribution < 1.29 is 18.7 Å². The van der Waals surface area contributed by atoms with Crippen LogP contribution in [0, 0.1) is 0 Å². The molecule has 0 saturated heterocycles. The summed E-state index contributed by atoms with van der Waals surface area (Å²) < 4.78 is 11.6. The fourth-order valence-electron chi connectivity index (χ4n) is 1.93. The molecule has 0 bridgehead atoms. The van der Waals surface area contributed by atoms with Crippen molar-refractivity contribution in [2.24, 2.45) is 0 Å². The first-order chi connectivity index (χ1) is 11.5. The predicted molar refractivity (Wildman–Crippen MR) is 93.5 cm³/mol. The number of hydrogen-bond donors (Lipinski definition) is 2. The first-order valence-corrected chi connectivity index (χ1v) is 8.44. The van der Waals surface area contributed by atoms with Gasteiger partial charge in [-0.05, 0) is 46.3 Å². The van der Waals surface area contributed by atoms with Gasteiger partial charge < -0.3 is 19.8 Å². The van der Waals surface area contributed by atoms with Crippen LogP contribution in [0.25, 0.3) is 10.2 Å². The summed E-state index contributed by atoms with van der Waals surface area (Å²) in [6.07, 6.45) is 0. The number of nitrogens with zero attached hydrogens (tertiary/aromatic N) is 1. The maximum atomic E-state index is 11.9. The molecule has 0 atom stereocenters. The average molecular weight is 410 g/mol. The molecule has 0 aliphatic heterocycles. The molecule has 2 heterocycles. The van der Waals surface area contributed by atoms with E-state index < -0.39 is 5.91 Å². The van der Waals surface area contributed by atoms with Crippen molar-refractivity contribution in [2.75, 3.05) is 19.0 Å². The van der Waals surface area contributed by atoms with E-state index in [-0.39, 0.29) is 18.2 Å². The van der Waals surface area contributed by atoms with E-state index in [9.17, 15) is 9.59 Å². The van der Waals surface area contributed by atoms with Crippen LogP contribution in [0.15, 0.2) is 39.4 Å². The van der Waals surface area contributed by atoms with Gasteiger partial charge in [0.05, 0.1) is 23.9 Å². The highest BCUT2D eigenvalue weighted by molar-refractivity contribution is 9.10. The lowest BCUT2D eigenvalue weighted by molar-refractivity contribution is -0.115. The number of thiazole rings is 1. The quantitative estimate of drug-likeness (QED) is 0.675. The summed E-state index contributed by atoms with van der Waals surface area (Å²) >= 11 is 4.44. The highest BCUT2D eigenvalue weighted by atomic mass is 79.9. The molecule has 0 unspecified atom stereocenters. The van der Waals surface area contributed by atoms with Crippen molar-refractivity contribution in [3.05, 3.63) is 40.8 Å². The van der Waals surface area contributed by atoms with Gasteiger partial charge in [0.1, 0.15) is 5.75 Å².